The normalized spacial score (nSPS) is 12.0. The van der Waals surface area contributed by atoms with Crippen molar-refractivity contribution in [1.29, 1.82) is 0 Å². The summed E-state index contributed by atoms with van der Waals surface area (Å²) in [7, 11) is 0. The number of nitrogens with zero attached hydrogens (tertiary/aromatic N) is 2. The minimum atomic E-state index is -0.493. The molecular weight excluding hydrogens is 363 g/mol. The zero-order chi connectivity index (χ0) is 17.8. The molecule has 0 aliphatic carbocycles. The number of carbonyl (C=O) groups is 1. The van der Waals surface area contributed by atoms with Crippen LogP contribution in [0.1, 0.15) is 17.3 Å². The Bertz CT molecular complexity index is 981. The highest BCUT2D eigenvalue weighted by Gasteiger charge is 2.12. The number of carbonyl (C=O) groups excluding carboxylic acids is 1. The topological polar surface area (TPSA) is 43.6 Å². The van der Waals surface area contributed by atoms with E-state index in [9.17, 15) is 9.18 Å². The Kier molecular flexibility index (Phi) is 5.63. The summed E-state index contributed by atoms with van der Waals surface area (Å²) >= 11 is 7.70. The van der Waals surface area contributed by atoms with Crippen LogP contribution >= 0.6 is 22.9 Å². The molecule has 0 saturated carbocycles. The number of benzene rings is 2. The molecule has 130 valence electrons. The number of ether oxygens (including phenoxy) is 1. The molecule has 4 nitrogen and oxygen atoms in total. The first-order chi connectivity index (χ1) is 12.1. The van der Waals surface area contributed by atoms with E-state index >= 15 is 0 Å². The molecule has 2 aromatic carbocycles. The van der Waals surface area contributed by atoms with Gasteiger partial charge in [-0.3, -0.25) is 4.79 Å². The van der Waals surface area contributed by atoms with Crippen molar-refractivity contribution in [3.05, 3.63) is 63.7 Å². The van der Waals surface area contributed by atoms with Gasteiger partial charge in [0.2, 0.25) is 0 Å². The van der Waals surface area contributed by atoms with Gasteiger partial charge in [-0.05, 0) is 37.3 Å². The summed E-state index contributed by atoms with van der Waals surface area (Å²) in [5, 5.41) is 0.588. The van der Waals surface area contributed by atoms with Gasteiger partial charge in [0.15, 0.2) is 4.80 Å². The van der Waals surface area contributed by atoms with E-state index in [4.69, 9.17) is 16.3 Å². The third-order valence-corrected chi connectivity index (χ3v) is 4.93. The van der Waals surface area contributed by atoms with Crippen molar-refractivity contribution in [2.24, 2.45) is 4.99 Å². The summed E-state index contributed by atoms with van der Waals surface area (Å²) < 4.78 is 21.6. The molecule has 1 heterocycles. The highest BCUT2D eigenvalue weighted by molar-refractivity contribution is 7.16. The Morgan fingerprint density at radius 2 is 2.12 bits per heavy atom. The first-order valence-corrected chi connectivity index (χ1v) is 9.00. The van der Waals surface area contributed by atoms with Gasteiger partial charge < -0.3 is 9.30 Å². The van der Waals surface area contributed by atoms with E-state index in [1.807, 2.05) is 23.6 Å². The average Bonchev–Trinajstić information content (AvgIpc) is 2.94. The van der Waals surface area contributed by atoms with Crippen molar-refractivity contribution in [3.63, 3.8) is 0 Å². The Hall–Kier alpha value is -2.02. The molecule has 25 heavy (non-hydrogen) atoms. The molecule has 0 saturated heterocycles. The fraction of sp³-hybridized carbons (Fsp3) is 0.222. The molecular formula is C18H16ClFN2O2S. The zero-order valence-corrected chi connectivity index (χ0v) is 15.1. The lowest BCUT2D eigenvalue weighted by molar-refractivity contribution is 0.0996. The molecule has 1 amide bonds. The van der Waals surface area contributed by atoms with Crippen LogP contribution < -0.4 is 4.80 Å². The second-order valence-corrected chi connectivity index (χ2v) is 6.66. The fourth-order valence-electron chi connectivity index (χ4n) is 2.45. The number of halogens is 2. The monoisotopic (exact) mass is 378 g/mol. The molecule has 0 fully saturated rings. The number of thiazole rings is 1. The van der Waals surface area contributed by atoms with Crippen molar-refractivity contribution in [3.8, 4) is 0 Å². The predicted molar refractivity (Wildman–Crippen MR) is 97.6 cm³/mol. The van der Waals surface area contributed by atoms with Gasteiger partial charge in [0.05, 0.1) is 21.8 Å². The van der Waals surface area contributed by atoms with Crippen molar-refractivity contribution in [2.75, 3.05) is 13.2 Å². The first-order valence-electron chi connectivity index (χ1n) is 7.80. The van der Waals surface area contributed by atoms with Gasteiger partial charge in [-0.1, -0.05) is 35.1 Å². The molecule has 3 aromatic rings. The largest absolute Gasteiger partial charge is 0.380 e. The van der Waals surface area contributed by atoms with Gasteiger partial charge >= 0.3 is 0 Å². The van der Waals surface area contributed by atoms with E-state index in [2.05, 4.69) is 4.99 Å². The van der Waals surface area contributed by atoms with Gasteiger partial charge in [-0.15, -0.1) is 0 Å². The lowest BCUT2D eigenvalue weighted by Gasteiger charge is -2.06. The second kappa shape index (κ2) is 7.91. The summed E-state index contributed by atoms with van der Waals surface area (Å²) in [6.07, 6.45) is 0. The molecule has 0 N–H and O–H groups in total. The van der Waals surface area contributed by atoms with E-state index in [1.54, 1.807) is 12.1 Å². The maximum atomic E-state index is 13.3. The maximum Gasteiger partial charge on any atom is 0.279 e. The molecule has 0 atom stereocenters. The molecule has 0 aliphatic heterocycles. The first kappa shape index (κ1) is 17.8. The van der Waals surface area contributed by atoms with E-state index < -0.39 is 11.7 Å². The molecule has 1 aromatic heterocycles. The van der Waals surface area contributed by atoms with Crippen LogP contribution in [0, 0.1) is 5.82 Å². The molecule has 3 rings (SSSR count). The number of rotatable bonds is 5. The number of para-hydroxylation sites is 1. The minimum absolute atomic E-state index is 0.208. The molecule has 0 radical (unpaired) electrons. The van der Waals surface area contributed by atoms with Gasteiger partial charge in [-0.2, -0.15) is 4.99 Å². The van der Waals surface area contributed by atoms with E-state index in [0.29, 0.717) is 29.6 Å². The summed E-state index contributed by atoms with van der Waals surface area (Å²) in [5.74, 6) is -0.961. The molecule has 0 aliphatic rings. The van der Waals surface area contributed by atoms with Crippen LogP contribution in [-0.2, 0) is 11.3 Å². The van der Waals surface area contributed by atoms with E-state index in [0.717, 1.165) is 10.2 Å². The summed E-state index contributed by atoms with van der Waals surface area (Å²) in [5.41, 5.74) is 1.03. The highest BCUT2D eigenvalue weighted by atomic mass is 35.5. The summed E-state index contributed by atoms with van der Waals surface area (Å²) in [4.78, 5) is 17.1. The molecule has 0 bridgehead atoms. The summed E-state index contributed by atoms with van der Waals surface area (Å²) in [6.45, 7) is 3.52. The smallest absolute Gasteiger partial charge is 0.279 e. The van der Waals surface area contributed by atoms with Crippen molar-refractivity contribution in [1.82, 2.24) is 4.57 Å². The van der Waals surface area contributed by atoms with Crippen LogP contribution in [0.3, 0.4) is 0 Å². The SMILES string of the molecule is CCOCCn1c(=NC(=O)c2cccc(F)c2)sc2cccc(Cl)c21. The zero-order valence-electron chi connectivity index (χ0n) is 13.5. The lowest BCUT2D eigenvalue weighted by atomic mass is 10.2. The van der Waals surface area contributed by atoms with Crippen molar-refractivity contribution < 1.29 is 13.9 Å². The third-order valence-electron chi connectivity index (χ3n) is 3.58. The number of amides is 1. The lowest BCUT2D eigenvalue weighted by Crippen LogP contribution is -2.20. The van der Waals surface area contributed by atoms with E-state index in [1.165, 1.54) is 29.5 Å². The minimum Gasteiger partial charge on any atom is -0.380 e. The predicted octanol–water partition coefficient (Wildman–Crippen LogP) is 4.27. The molecule has 0 unspecified atom stereocenters. The quantitative estimate of drug-likeness (QED) is 0.622. The Morgan fingerprint density at radius 3 is 2.88 bits per heavy atom. The number of aromatic nitrogens is 1. The molecule has 0 spiro atoms. The molecule has 7 heteroatoms. The summed E-state index contributed by atoms with van der Waals surface area (Å²) in [6, 6.07) is 11.1. The van der Waals surface area contributed by atoms with Crippen LogP contribution in [-0.4, -0.2) is 23.7 Å². The van der Waals surface area contributed by atoms with Gasteiger partial charge in [0, 0.05) is 18.7 Å². The van der Waals surface area contributed by atoms with Crippen LogP contribution in [0.15, 0.2) is 47.5 Å². The Labute approximate surface area is 153 Å². The van der Waals surface area contributed by atoms with E-state index in [-0.39, 0.29) is 5.56 Å². The standard InChI is InChI=1S/C18H16ClFN2O2S/c1-2-24-10-9-22-16-14(19)7-4-8-15(16)25-18(22)21-17(23)12-5-3-6-13(20)11-12/h3-8,11H,2,9-10H2,1H3. The van der Waals surface area contributed by atoms with Crippen molar-refractivity contribution >= 4 is 39.1 Å². The fourth-order valence-corrected chi connectivity index (χ4v) is 3.87. The van der Waals surface area contributed by atoms with Crippen LogP contribution in [0.4, 0.5) is 4.39 Å². The van der Waals surface area contributed by atoms with Crippen molar-refractivity contribution in [2.45, 2.75) is 13.5 Å². The maximum absolute atomic E-state index is 13.3. The third kappa shape index (κ3) is 3.98. The van der Waals surface area contributed by atoms with Crippen LogP contribution in [0.2, 0.25) is 5.02 Å². The highest BCUT2D eigenvalue weighted by Crippen LogP contribution is 2.25. The number of fused-ring (bicyclic) bond motifs is 1. The number of hydrogen-bond acceptors (Lipinski definition) is 3. The van der Waals surface area contributed by atoms with Gasteiger partial charge in [0.1, 0.15) is 5.82 Å². The Morgan fingerprint density at radius 1 is 1.32 bits per heavy atom. The second-order valence-electron chi connectivity index (χ2n) is 5.25. The van der Waals surface area contributed by atoms with Crippen LogP contribution in [0.5, 0.6) is 0 Å². The number of hydrogen-bond donors (Lipinski definition) is 0. The van der Waals surface area contributed by atoms with Gasteiger partial charge in [-0.25, -0.2) is 4.39 Å². The Balaban J connectivity index is 2.09. The van der Waals surface area contributed by atoms with Crippen LogP contribution in [0.25, 0.3) is 10.2 Å². The average molecular weight is 379 g/mol. The van der Waals surface area contributed by atoms with Gasteiger partial charge in [0.25, 0.3) is 5.91 Å².